The molecule has 0 aliphatic heterocycles. The number of nitrogens with zero attached hydrogens (tertiary/aromatic N) is 3. The van der Waals surface area contributed by atoms with Gasteiger partial charge in [-0.15, -0.1) is 0 Å². The van der Waals surface area contributed by atoms with Crippen molar-refractivity contribution in [3.8, 4) is 6.07 Å². The Balaban J connectivity index is 1.89. The topological polar surface area (TPSA) is 62.7 Å². The Morgan fingerprint density at radius 3 is 2.76 bits per heavy atom. The third kappa shape index (κ3) is 3.06. The minimum absolute atomic E-state index is 0.220. The van der Waals surface area contributed by atoms with Crippen molar-refractivity contribution in [3.05, 3.63) is 11.7 Å². The molecule has 92 valence electrons. The fourth-order valence-electron chi connectivity index (χ4n) is 2.69. The highest BCUT2D eigenvalue weighted by atomic mass is 16.5. The summed E-state index contributed by atoms with van der Waals surface area (Å²) in [6, 6.07) is 2.03. The first-order chi connectivity index (χ1) is 8.33. The Morgan fingerprint density at radius 1 is 1.35 bits per heavy atom. The van der Waals surface area contributed by atoms with E-state index >= 15 is 0 Å². The van der Waals surface area contributed by atoms with Gasteiger partial charge in [-0.1, -0.05) is 24.9 Å². The molecule has 1 fully saturated rings. The highest BCUT2D eigenvalue weighted by Crippen LogP contribution is 2.36. The number of hydrogen-bond donors (Lipinski definition) is 0. The van der Waals surface area contributed by atoms with E-state index in [4.69, 9.17) is 9.78 Å². The molecule has 4 heteroatoms. The monoisotopic (exact) mass is 233 g/mol. The SMILES string of the molecule is CCCC1CCC(c2noc(CC#N)n2)CC1. The van der Waals surface area contributed by atoms with E-state index in [1.54, 1.807) is 0 Å². The Labute approximate surface area is 102 Å². The van der Waals surface area contributed by atoms with E-state index in [0.717, 1.165) is 24.6 Å². The summed E-state index contributed by atoms with van der Waals surface area (Å²) in [5.74, 6) is 2.60. The molecule has 0 spiro atoms. The van der Waals surface area contributed by atoms with Crippen LogP contribution >= 0.6 is 0 Å². The molecule has 0 atom stereocenters. The zero-order valence-electron chi connectivity index (χ0n) is 10.4. The quantitative estimate of drug-likeness (QED) is 0.801. The lowest BCUT2D eigenvalue weighted by molar-refractivity contribution is 0.295. The zero-order chi connectivity index (χ0) is 12.1. The number of nitriles is 1. The molecular weight excluding hydrogens is 214 g/mol. The Morgan fingerprint density at radius 2 is 2.12 bits per heavy atom. The van der Waals surface area contributed by atoms with E-state index in [-0.39, 0.29) is 6.42 Å². The molecule has 17 heavy (non-hydrogen) atoms. The molecule has 1 heterocycles. The molecule has 2 rings (SSSR count). The average Bonchev–Trinajstić information content (AvgIpc) is 2.80. The van der Waals surface area contributed by atoms with E-state index in [0.29, 0.717) is 11.8 Å². The van der Waals surface area contributed by atoms with Crippen LogP contribution < -0.4 is 0 Å². The van der Waals surface area contributed by atoms with Gasteiger partial charge in [-0.05, 0) is 31.6 Å². The number of rotatable bonds is 4. The molecule has 1 aliphatic rings. The molecule has 1 aromatic rings. The molecule has 0 bridgehead atoms. The van der Waals surface area contributed by atoms with Crippen LogP contribution in [0.1, 0.15) is 63.1 Å². The van der Waals surface area contributed by atoms with E-state index in [2.05, 4.69) is 17.1 Å². The molecule has 0 aromatic carbocycles. The van der Waals surface area contributed by atoms with Crippen molar-refractivity contribution in [2.24, 2.45) is 5.92 Å². The Hall–Kier alpha value is -1.37. The third-order valence-electron chi connectivity index (χ3n) is 3.62. The van der Waals surface area contributed by atoms with Crippen molar-refractivity contribution in [1.82, 2.24) is 10.1 Å². The van der Waals surface area contributed by atoms with Crippen LogP contribution in [-0.2, 0) is 6.42 Å². The van der Waals surface area contributed by atoms with Crippen molar-refractivity contribution < 1.29 is 4.52 Å². The first-order valence-corrected chi connectivity index (χ1v) is 6.53. The molecule has 0 saturated heterocycles. The molecular formula is C13H19N3O. The maximum absolute atomic E-state index is 8.56. The van der Waals surface area contributed by atoms with Crippen molar-refractivity contribution in [2.45, 2.75) is 57.8 Å². The van der Waals surface area contributed by atoms with Gasteiger partial charge in [0.05, 0.1) is 6.07 Å². The fourth-order valence-corrected chi connectivity index (χ4v) is 2.69. The standard InChI is InChI=1S/C13H19N3O/c1-2-3-10-4-6-11(7-5-10)13-15-12(8-9-14)17-16-13/h10-11H,2-8H2,1H3. The molecule has 0 radical (unpaired) electrons. The maximum atomic E-state index is 8.56. The van der Waals surface area contributed by atoms with Gasteiger partial charge in [-0.2, -0.15) is 10.2 Å². The summed E-state index contributed by atoms with van der Waals surface area (Å²) < 4.78 is 5.05. The summed E-state index contributed by atoms with van der Waals surface area (Å²) in [6.07, 6.45) is 7.73. The van der Waals surface area contributed by atoms with Crippen molar-refractivity contribution in [2.75, 3.05) is 0 Å². The van der Waals surface area contributed by atoms with Crippen molar-refractivity contribution in [1.29, 1.82) is 5.26 Å². The van der Waals surface area contributed by atoms with Crippen LogP contribution in [-0.4, -0.2) is 10.1 Å². The second kappa shape index (κ2) is 5.81. The van der Waals surface area contributed by atoms with Gasteiger partial charge in [-0.3, -0.25) is 0 Å². The van der Waals surface area contributed by atoms with Gasteiger partial charge in [0.25, 0.3) is 0 Å². The van der Waals surface area contributed by atoms with Gasteiger partial charge in [-0.25, -0.2) is 0 Å². The largest absolute Gasteiger partial charge is 0.338 e. The Kier molecular flexibility index (Phi) is 4.13. The van der Waals surface area contributed by atoms with Gasteiger partial charge in [0, 0.05) is 5.92 Å². The van der Waals surface area contributed by atoms with Crippen LogP contribution in [0.5, 0.6) is 0 Å². The highest BCUT2D eigenvalue weighted by Gasteiger charge is 2.25. The second-order valence-electron chi connectivity index (χ2n) is 4.89. The van der Waals surface area contributed by atoms with Gasteiger partial charge < -0.3 is 4.52 Å². The average molecular weight is 233 g/mol. The summed E-state index contributed by atoms with van der Waals surface area (Å²) in [4.78, 5) is 4.29. The molecule has 1 saturated carbocycles. The summed E-state index contributed by atoms with van der Waals surface area (Å²) in [5.41, 5.74) is 0. The van der Waals surface area contributed by atoms with Crippen molar-refractivity contribution >= 4 is 0 Å². The third-order valence-corrected chi connectivity index (χ3v) is 3.62. The van der Waals surface area contributed by atoms with Gasteiger partial charge in [0.15, 0.2) is 5.82 Å². The van der Waals surface area contributed by atoms with Gasteiger partial charge >= 0.3 is 0 Å². The fraction of sp³-hybridized carbons (Fsp3) is 0.769. The minimum atomic E-state index is 0.220. The second-order valence-corrected chi connectivity index (χ2v) is 4.89. The summed E-state index contributed by atoms with van der Waals surface area (Å²) in [7, 11) is 0. The van der Waals surface area contributed by atoms with Crippen LogP contribution in [0.2, 0.25) is 0 Å². The normalized spacial score (nSPS) is 24.5. The first kappa shape index (κ1) is 12.1. The number of aromatic nitrogens is 2. The maximum Gasteiger partial charge on any atom is 0.240 e. The molecule has 4 nitrogen and oxygen atoms in total. The molecule has 0 N–H and O–H groups in total. The van der Waals surface area contributed by atoms with E-state index in [1.807, 2.05) is 6.07 Å². The summed E-state index contributed by atoms with van der Waals surface area (Å²) in [6.45, 7) is 2.25. The van der Waals surface area contributed by atoms with Crippen LogP contribution in [0, 0.1) is 17.2 Å². The van der Waals surface area contributed by atoms with Gasteiger partial charge in [0.2, 0.25) is 5.89 Å². The summed E-state index contributed by atoms with van der Waals surface area (Å²) in [5, 5.41) is 12.5. The molecule has 1 aliphatic carbocycles. The van der Waals surface area contributed by atoms with Crippen LogP contribution in [0.4, 0.5) is 0 Å². The molecule has 0 unspecified atom stereocenters. The lowest BCUT2D eigenvalue weighted by Gasteiger charge is -2.26. The Bertz CT molecular complexity index is 386. The lowest BCUT2D eigenvalue weighted by atomic mass is 9.80. The minimum Gasteiger partial charge on any atom is -0.338 e. The van der Waals surface area contributed by atoms with Crippen molar-refractivity contribution in [3.63, 3.8) is 0 Å². The zero-order valence-corrected chi connectivity index (χ0v) is 10.4. The van der Waals surface area contributed by atoms with E-state index in [1.165, 1.54) is 25.7 Å². The van der Waals surface area contributed by atoms with E-state index < -0.39 is 0 Å². The molecule has 1 aromatic heterocycles. The predicted octanol–water partition coefficient (Wildman–Crippen LogP) is 3.21. The van der Waals surface area contributed by atoms with Crippen LogP contribution in [0.25, 0.3) is 0 Å². The number of hydrogen-bond acceptors (Lipinski definition) is 4. The first-order valence-electron chi connectivity index (χ1n) is 6.53. The highest BCUT2D eigenvalue weighted by molar-refractivity contribution is 5.00. The van der Waals surface area contributed by atoms with Crippen LogP contribution in [0.15, 0.2) is 4.52 Å². The summed E-state index contributed by atoms with van der Waals surface area (Å²) >= 11 is 0. The van der Waals surface area contributed by atoms with E-state index in [9.17, 15) is 0 Å². The van der Waals surface area contributed by atoms with Crippen LogP contribution in [0.3, 0.4) is 0 Å². The van der Waals surface area contributed by atoms with Gasteiger partial charge in [0.1, 0.15) is 6.42 Å². The smallest absolute Gasteiger partial charge is 0.240 e. The molecule has 0 amide bonds. The predicted molar refractivity (Wildman–Crippen MR) is 63.2 cm³/mol. The lowest BCUT2D eigenvalue weighted by Crippen LogP contribution is -2.14.